The van der Waals surface area contributed by atoms with E-state index in [4.69, 9.17) is 19.9 Å². The first-order valence-corrected chi connectivity index (χ1v) is 9.93. The van der Waals surface area contributed by atoms with E-state index < -0.39 is 11.9 Å². The van der Waals surface area contributed by atoms with Crippen LogP contribution in [0.1, 0.15) is 27.4 Å². The van der Waals surface area contributed by atoms with Crippen molar-refractivity contribution in [3.05, 3.63) is 114 Å². The van der Waals surface area contributed by atoms with Gasteiger partial charge in [0.1, 0.15) is 35.5 Å². The Labute approximate surface area is 185 Å². The van der Waals surface area contributed by atoms with Crippen LogP contribution in [0, 0.1) is 11.3 Å². The summed E-state index contributed by atoms with van der Waals surface area (Å²) in [4.78, 5) is 12.4. The number of fused-ring (bicyclic) bond motifs is 1. The van der Waals surface area contributed by atoms with Crippen molar-refractivity contribution >= 4 is 5.97 Å². The molecule has 3 aromatic rings. The quantitative estimate of drug-likeness (QED) is 0.350. The van der Waals surface area contributed by atoms with Gasteiger partial charge in [-0.25, -0.2) is 4.79 Å². The van der Waals surface area contributed by atoms with Gasteiger partial charge in [0, 0.05) is 11.6 Å². The number of benzene rings is 3. The van der Waals surface area contributed by atoms with Gasteiger partial charge >= 0.3 is 5.97 Å². The number of ether oxygens (including phenoxy) is 3. The van der Waals surface area contributed by atoms with Crippen LogP contribution in [0.4, 0.5) is 0 Å². The Bertz CT molecular complexity index is 1220. The van der Waals surface area contributed by atoms with Crippen molar-refractivity contribution in [2.75, 3.05) is 6.61 Å². The van der Waals surface area contributed by atoms with Gasteiger partial charge in [-0.05, 0) is 35.9 Å². The molecule has 1 aliphatic rings. The van der Waals surface area contributed by atoms with Crippen LogP contribution in [0.25, 0.3) is 0 Å². The summed E-state index contributed by atoms with van der Waals surface area (Å²) in [7, 11) is 0. The maximum Gasteiger partial charge on any atom is 0.343 e. The lowest BCUT2D eigenvalue weighted by Gasteiger charge is -2.26. The summed E-state index contributed by atoms with van der Waals surface area (Å²) in [6.07, 6.45) is 1.67. The lowest BCUT2D eigenvalue weighted by atomic mass is 9.83. The number of nitrogens with zero attached hydrogens (tertiary/aromatic N) is 1. The van der Waals surface area contributed by atoms with E-state index in [1.165, 1.54) is 0 Å². The number of nitrogens with two attached hydrogens (primary N) is 1. The van der Waals surface area contributed by atoms with Crippen molar-refractivity contribution in [3.8, 4) is 23.3 Å². The molecule has 0 spiro atoms. The van der Waals surface area contributed by atoms with Crippen molar-refractivity contribution < 1.29 is 19.0 Å². The molecule has 1 heterocycles. The zero-order valence-electron chi connectivity index (χ0n) is 17.2. The molecule has 3 aromatic carbocycles. The summed E-state index contributed by atoms with van der Waals surface area (Å²) in [5, 5.41) is 9.72. The minimum absolute atomic E-state index is 0.0171. The van der Waals surface area contributed by atoms with Crippen LogP contribution < -0.4 is 19.9 Å². The van der Waals surface area contributed by atoms with E-state index in [9.17, 15) is 10.1 Å². The van der Waals surface area contributed by atoms with Gasteiger partial charge < -0.3 is 19.9 Å². The van der Waals surface area contributed by atoms with E-state index in [1.54, 1.807) is 48.5 Å². The highest BCUT2D eigenvalue weighted by atomic mass is 16.5. The fraction of sp³-hybridized carbons (Fsp3) is 0.0769. The van der Waals surface area contributed by atoms with E-state index in [-0.39, 0.29) is 5.88 Å². The minimum Gasteiger partial charge on any atom is -0.490 e. The second-order valence-corrected chi connectivity index (χ2v) is 7.05. The second-order valence-electron chi connectivity index (χ2n) is 7.05. The standard InChI is InChI=1S/C26H20N2O4/c1-2-14-30-19-10-8-17(9-11-19)24-21-13-12-20(15-23(21)32-25(28)22(24)16-27)31-26(29)18-6-4-3-5-7-18/h2-13,15,24H,1,14,28H2. The van der Waals surface area contributed by atoms with Gasteiger partial charge in [0.15, 0.2) is 0 Å². The van der Waals surface area contributed by atoms with Gasteiger partial charge in [0.05, 0.1) is 11.5 Å². The van der Waals surface area contributed by atoms with Crippen LogP contribution >= 0.6 is 0 Å². The summed E-state index contributed by atoms with van der Waals surface area (Å²) in [5.41, 5.74) is 8.41. The molecule has 32 heavy (non-hydrogen) atoms. The number of nitriles is 1. The predicted octanol–water partition coefficient (Wildman–Crippen LogP) is 4.69. The fourth-order valence-electron chi connectivity index (χ4n) is 3.49. The van der Waals surface area contributed by atoms with Gasteiger partial charge in [-0.2, -0.15) is 5.26 Å². The Balaban J connectivity index is 1.65. The first kappa shape index (κ1) is 20.8. The molecule has 158 valence electrons. The number of esters is 1. The van der Waals surface area contributed by atoms with Crippen LogP contribution in [-0.4, -0.2) is 12.6 Å². The molecule has 0 saturated carbocycles. The number of carbonyl (C=O) groups excluding carboxylic acids is 1. The molecule has 1 aliphatic heterocycles. The zero-order valence-corrected chi connectivity index (χ0v) is 17.2. The molecule has 0 bridgehead atoms. The normalized spacial score (nSPS) is 14.5. The molecular formula is C26H20N2O4. The third-order valence-electron chi connectivity index (χ3n) is 4.99. The number of allylic oxidation sites excluding steroid dienone is 1. The van der Waals surface area contributed by atoms with E-state index in [0.29, 0.717) is 35.0 Å². The Morgan fingerprint density at radius 1 is 1.09 bits per heavy atom. The molecule has 0 radical (unpaired) electrons. The molecule has 1 atom stereocenters. The highest BCUT2D eigenvalue weighted by molar-refractivity contribution is 5.91. The first-order chi connectivity index (χ1) is 15.6. The summed E-state index contributed by atoms with van der Waals surface area (Å²) in [6, 6.07) is 23.3. The smallest absolute Gasteiger partial charge is 0.343 e. The van der Waals surface area contributed by atoms with Crippen molar-refractivity contribution in [1.29, 1.82) is 5.26 Å². The van der Waals surface area contributed by atoms with E-state index in [1.807, 2.05) is 30.3 Å². The number of carbonyl (C=O) groups is 1. The van der Waals surface area contributed by atoms with Gasteiger partial charge in [-0.3, -0.25) is 0 Å². The average molecular weight is 424 g/mol. The molecule has 4 rings (SSSR count). The molecule has 6 nitrogen and oxygen atoms in total. The van der Waals surface area contributed by atoms with Crippen LogP contribution in [0.5, 0.6) is 17.2 Å². The Hall–Kier alpha value is -4.50. The Morgan fingerprint density at radius 3 is 2.50 bits per heavy atom. The zero-order chi connectivity index (χ0) is 22.5. The van der Waals surface area contributed by atoms with Crippen LogP contribution in [0.2, 0.25) is 0 Å². The van der Waals surface area contributed by atoms with Crippen molar-refractivity contribution in [1.82, 2.24) is 0 Å². The lowest BCUT2D eigenvalue weighted by molar-refractivity contribution is 0.0734. The molecule has 0 aliphatic carbocycles. The van der Waals surface area contributed by atoms with Gasteiger partial charge in [-0.1, -0.05) is 49.1 Å². The molecule has 1 unspecified atom stereocenters. The van der Waals surface area contributed by atoms with E-state index in [2.05, 4.69) is 12.6 Å². The van der Waals surface area contributed by atoms with Crippen LogP contribution in [0.15, 0.2) is 96.9 Å². The second kappa shape index (κ2) is 9.11. The molecule has 2 N–H and O–H groups in total. The average Bonchev–Trinajstić information content (AvgIpc) is 2.82. The Kier molecular flexibility index (Phi) is 5.91. The monoisotopic (exact) mass is 424 g/mol. The molecule has 6 heteroatoms. The summed E-state index contributed by atoms with van der Waals surface area (Å²) >= 11 is 0. The summed E-state index contributed by atoms with van der Waals surface area (Å²) in [5.74, 6) is 0.558. The van der Waals surface area contributed by atoms with E-state index >= 15 is 0 Å². The summed E-state index contributed by atoms with van der Waals surface area (Å²) in [6.45, 7) is 4.04. The molecular weight excluding hydrogens is 404 g/mol. The molecule has 0 saturated heterocycles. The largest absolute Gasteiger partial charge is 0.490 e. The highest BCUT2D eigenvalue weighted by Crippen LogP contribution is 2.43. The lowest BCUT2D eigenvalue weighted by Crippen LogP contribution is -2.21. The topological polar surface area (TPSA) is 94.6 Å². The molecule has 0 aromatic heterocycles. The highest BCUT2D eigenvalue weighted by Gasteiger charge is 2.31. The van der Waals surface area contributed by atoms with Crippen LogP contribution in [0.3, 0.4) is 0 Å². The van der Waals surface area contributed by atoms with Crippen LogP contribution in [-0.2, 0) is 0 Å². The maximum absolute atomic E-state index is 12.4. The number of hydrogen-bond donors (Lipinski definition) is 1. The maximum atomic E-state index is 12.4. The minimum atomic E-state index is -0.478. The third-order valence-corrected chi connectivity index (χ3v) is 4.99. The number of hydrogen-bond acceptors (Lipinski definition) is 6. The van der Waals surface area contributed by atoms with Gasteiger partial charge in [-0.15, -0.1) is 0 Å². The Morgan fingerprint density at radius 2 is 1.81 bits per heavy atom. The van der Waals surface area contributed by atoms with Crippen molar-refractivity contribution in [3.63, 3.8) is 0 Å². The fourth-order valence-corrected chi connectivity index (χ4v) is 3.49. The van der Waals surface area contributed by atoms with Crippen molar-refractivity contribution in [2.45, 2.75) is 5.92 Å². The first-order valence-electron chi connectivity index (χ1n) is 9.93. The third kappa shape index (κ3) is 4.18. The number of rotatable bonds is 6. The van der Waals surface area contributed by atoms with Gasteiger partial charge in [0.25, 0.3) is 0 Å². The van der Waals surface area contributed by atoms with Crippen molar-refractivity contribution in [2.24, 2.45) is 5.73 Å². The van der Waals surface area contributed by atoms with E-state index in [0.717, 1.165) is 11.1 Å². The molecule has 0 amide bonds. The summed E-state index contributed by atoms with van der Waals surface area (Å²) < 4.78 is 16.7. The predicted molar refractivity (Wildman–Crippen MR) is 119 cm³/mol. The SMILES string of the molecule is C=CCOc1ccc(C2C(C#N)=C(N)Oc3cc(OC(=O)c4ccccc4)ccc32)cc1. The molecule has 0 fully saturated rings. The van der Waals surface area contributed by atoms with Gasteiger partial charge in [0.2, 0.25) is 5.88 Å².